The Bertz CT molecular complexity index is 325. The molecule has 0 radical (unpaired) electrons. The lowest BCUT2D eigenvalue weighted by atomic mass is 10.3. The van der Waals surface area contributed by atoms with E-state index >= 15 is 0 Å². The van der Waals surface area contributed by atoms with E-state index in [1.807, 2.05) is 32.4 Å². The van der Waals surface area contributed by atoms with Crippen LogP contribution in [0.15, 0.2) is 12.1 Å². The first-order chi connectivity index (χ1) is 7.17. The van der Waals surface area contributed by atoms with E-state index in [4.69, 9.17) is 0 Å². The van der Waals surface area contributed by atoms with Crippen molar-refractivity contribution in [3.05, 3.63) is 17.0 Å². The summed E-state index contributed by atoms with van der Waals surface area (Å²) in [5.41, 5.74) is 0. The van der Waals surface area contributed by atoms with Gasteiger partial charge in [0.1, 0.15) is 0 Å². The molecule has 1 aromatic rings. The Morgan fingerprint density at radius 2 is 2.33 bits per heavy atom. The Hall–Kier alpha value is -0.680. The quantitative estimate of drug-likeness (QED) is 0.835. The van der Waals surface area contributed by atoms with Crippen molar-refractivity contribution in [2.75, 3.05) is 24.4 Å². The van der Waals surface area contributed by atoms with Crippen LogP contribution >= 0.6 is 23.1 Å². The standard InChI is InChI=1S/C10H16N2OS2/c1-7(6-14-3)12-10(13)8-4-5-9(11-2)15-8/h4-5,7,11H,6H2,1-3H3,(H,12,13). The van der Waals surface area contributed by atoms with Gasteiger partial charge in [-0.25, -0.2) is 0 Å². The summed E-state index contributed by atoms with van der Waals surface area (Å²) in [6, 6.07) is 3.98. The number of thiophene rings is 1. The van der Waals surface area contributed by atoms with Crippen molar-refractivity contribution in [1.29, 1.82) is 0 Å². The summed E-state index contributed by atoms with van der Waals surface area (Å²) in [4.78, 5) is 12.5. The van der Waals surface area contributed by atoms with E-state index in [0.717, 1.165) is 15.6 Å². The highest BCUT2D eigenvalue weighted by Gasteiger charge is 2.11. The summed E-state index contributed by atoms with van der Waals surface area (Å²) in [7, 11) is 1.85. The predicted octanol–water partition coefficient (Wildman–Crippen LogP) is 2.27. The van der Waals surface area contributed by atoms with Crippen molar-refractivity contribution >= 4 is 34.0 Å². The van der Waals surface area contributed by atoms with Crippen LogP contribution in [0.5, 0.6) is 0 Å². The topological polar surface area (TPSA) is 41.1 Å². The van der Waals surface area contributed by atoms with Crippen molar-refractivity contribution in [1.82, 2.24) is 5.32 Å². The molecule has 0 spiro atoms. The fourth-order valence-corrected chi connectivity index (χ4v) is 2.53. The third-order valence-electron chi connectivity index (χ3n) is 1.87. The summed E-state index contributed by atoms with van der Waals surface area (Å²) < 4.78 is 0. The number of rotatable bonds is 5. The first-order valence-electron chi connectivity index (χ1n) is 4.74. The summed E-state index contributed by atoms with van der Waals surface area (Å²) in [6.45, 7) is 2.01. The van der Waals surface area contributed by atoms with Gasteiger partial charge < -0.3 is 10.6 Å². The van der Waals surface area contributed by atoms with Gasteiger partial charge in [0, 0.05) is 18.8 Å². The second-order valence-corrected chi connectivity index (χ2v) is 5.24. The Morgan fingerprint density at radius 3 is 2.87 bits per heavy atom. The maximum Gasteiger partial charge on any atom is 0.261 e. The van der Waals surface area contributed by atoms with Gasteiger partial charge in [0.25, 0.3) is 5.91 Å². The maximum atomic E-state index is 11.7. The van der Waals surface area contributed by atoms with Crippen molar-refractivity contribution in [2.24, 2.45) is 0 Å². The molecule has 0 aliphatic heterocycles. The number of anilines is 1. The minimum atomic E-state index is 0.0167. The fourth-order valence-electron chi connectivity index (χ4n) is 1.18. The van der Waals surface area contributed by atoms with Gasteiger partial charge in [0.05, 0.1) is 9.88 Å². The minimum absolute atomic E-state index is 0.0167. The van der Waals surface area contributed by atoms with E-state index in [1.165, 1.54) is 11.3 Å². The van der Waals surface area contributed by atoms with E-state index in [0.29, 0.717) is 0 Å². The van der Waals surface area contributed by atoms with E-state index in [9.17, 15) is 4.79 Å². The fraction of sp³-hybridized carbons (Fsp3) is 0.500. The third kappa shape index (κ3) is 3.76. The SMILES string of the molecule is CNc1ccc(C(=O)NC(C)CSC)s1. The van der Waals surface area contributed by atoms with E-state index in [-0.39, 0.29) is 11.9 Å². The highest BCUT2D eigenvalue weighted by Crippen LogP contribution is 2.20. The van der Waals surface area contributed by atoms with Crippen LogP contribution < -0.4 is 10.6 Å². The highest BCUT2D eigenvalue weighted by molar-refractivity contribution is 7.98. The molecule has 1 aromatic heterocycles. The number of hydrogen-bond acceptors (Lipinski definition) is 4. The van der Waals surface area contributed by atoms with Crippen LogP contribution in [0.25, 0.3) is 0 Å². The number of carbonyl (C=O) groups is 1. The van der Waals surface area contributed by atoms with Crippen LogP contribution in [0.1, 0.15) is 16.6 Å². The monoisotopic (exact) mass is 244 g/mol. The van der Waals surface area contributed by atoms with Crippen LogP contribution in [-0.4, -0.2) is 31.0 Å². The lowest BCUT2D eigenvalue weighted by Gasteiger charge is -2.10. The molecule has 3 nitrogen and oxygen atoms in total. The number of carbonyl (C=O) groups excluding carboxylic acids is 1. The summed E-state index contributed by atoms with van der Waals surface area (Å²) in [5.74, 6) is 0.957. The molecule has 1 amide bonds. The van der Waals surface area contributed by atoms with Gasteiger partial charge in [-0.15, -0.1) is 11.3 Å². The molecule has 15 heavy (non-hydrogen) atoms. The molecule has 84 valence electrons. The van der Waals surface area contributed by atoms with Crippen molar-refractivity contribution in [3.8, 4) is 0 Å². The van der Waals surface area contributed by atoms with Gasteiger partial charge in [-0.3, -0.25) is 4.79 Å². The molecular formula is C10H16N2OS2. The molecule has 0 aromatic carbocycles. The molecule has 0 saturated carbocycles. The molecule has 0 bridgehead atoms. The van der Waals surface area contributed by atoms with Gasteiger partial charge in [-0.1, -0.05) is 0 Å². The van der Waals surface area contributed by atoms with Crippen LogP contribution in [0.4, 0.5) is 5.00 Å². The van der Waals surface area contributed by atoms with Crippen molar-refractivity contribution < 1.29 is 4.79 Å². The van der Waals surface area contributed by atoms with Gasteiger partial charge >= 0.3 is 0 Å². The molecule has 1 rings (SSSR count). The Labute approximate surface area is 98.6 Å². The molecule has 1 atom stereocenters. The Balaban J connectivity index is 2.53. The van der Waals surface area contributed by atoms with E-state index in [2.05, 4.69) is 10.6 Å². The van der Waals surface area contributed by atoms with Crippen molar-refractivity contribution in [3.63, 3.8) is 0 Å². The zero-order valence-corrected chi connectivity index (χ0v) is 10.8. The molecule has 1 heterocycles. The zero-order chi connectivity index (χ0) is 11.3. The summed E-state index contributed by atoms with van der Waals surface area (Å²) in [6.07, 6.45) is 2.03. The first-order valence-corrected chi connectivity index (χ1v) is 6.95. The Kier molecular flexibility index (Phi) is 4.98. The molecule has 5 heteroatoms. The molecule has 0 fully saturated rings. The third-order valence-corrected chi connectivity index (χ3v) is 3.81. The molecular weight excluding hydrogens is 228 g/mol. The number of thioether (sulfide) groups is 1. The molecule has 0 aliphatic carbocycles. The Morgan fingerprint density at radius 1 is 1.60 bits per heavy atom. The van der Waals surface area contributed by atoms with Gasteiger partial charge in [0.2, 0.25) is 0 Å². The van der Waals surface area contributed by atoms with Gasteiger partial charge in [0.15, 0.2) is 0 Å². The van der Waals surface area contributed by atoms with Crippen molar-refractivity contribution in [2.45, 2.75) is 13.0 Å². The average molecular weight is 244 g/mol. The van der Waals surface area contributed by atoms with Crippen LogP contribution in [-0.2, 0) is 0 Å². The maximum absolute atomic E-state index is 11.7. The van der Waals surface area contributed by atoms with Crippen LogP contribution in [0.3, 0.4) is 0 Å². The largest absolute Gasteiger partial charge is 0.380 e. The van der Waals surface area contributed by atoms with Gasteiger partial charge in [-0.05, 0) is 25.3 Å². The number of nitrogens with one attached hydrogen (secondary N) is 2. The molecule has 0 aliphatic rings. The van der Waals surface area contributed by atoms with E-state index < -0.39 is 0 Å². The second kappa shape index (κ2) is 6.02. The normalized spacial score (nSPS) is 12.2. The lowest BCUT2D eigenvalue weighted by Crippen LogP contribution is -2.33. The zero-order valence-electron chi connectivity index (χ0n) is 9.16. The average Bonchev–Trinajstić information content (AvgIpc) is 2.66. The lowest BCUT2D eigenvalue weighted by molar-refractivity contribution is 0.0948. The molecule has 2 N–H and O–H groups in total. The number of amides is 1. The van der Waals surface area contributed by atoms with Crippen LogP contribution in [0, 0.1) is 0 Å². The van der Waals surface area contributed by atoms with E-state index in [1.54, 1.807) is 11.8 Å². The smallest absolute Gasteiger partial charge is 0.261 e. The second-order valence-electron chi connectivity index (χ2n) is 3.24. The molecule has 0 saturated heterocycles. The minimum Gasteiger partial charge on any atom is -0.380 e. The summed E-state index contributed by atoms with van der Waals surface area (Å²) >= 11 is 3.20. The van der Waals surface area contributed by atoms with Gasteiger partial charge in [-0.2, -0.15) is 11.8 Å². The number of hydrogen-bond donors (Lipinski definition) is 2. The molecule has 1 unspecified atom stereocenters. The first kappa shape index (κ1) is 12.4. The summed E-state index contributed by atoms with van der Waals surface area (Å²) in [5, 5.41) is 6.98. The van der Waals surface area contributed by atoms with Crippen LogP contribution in [0.2, 0.25) is 0 Å². The predicted molar refractivity (Wildman–Crippen MR) is 69.2 cm³/mol. The highest BCUT2D eigenvalue weighted by atomic mass is 32.2.